The zero-order chi connectivity index (χ0) is 12.3. The number of aromatic nitrogens is 2. The molecule has 0 fully saturated rings. The number of imidazole rings is 1. The fourth-order valence-electron chi connectivity index (χ4n) is 1.61. The smallest absolute Gasteiger partial charge is 0.132 e. The lowest BCUT2D eigenvalue weighted by Crippen LogP contribution is -1.98. The van der Waals surface area contributed by atoms with Crippen LogP contribution >= 0.6 is 0 Å². The van der Waals surface area contributed by atoms with Crippen molar-refractivity contribution in [3.63, 3.8) is 0 Å². The second kappa shape index (κ2) is 5.04. The first-order chi connectivity index (χ1) is 8.16. The van der Waals surface area contributed by atoms with Crippen molar-refractivity contribution in [2.75, 3.05) is 0 Å². The Labute approximate surface area is 102 Å². The topological polar surface area (TPSA) is 27.1 Å². The molecular weight excluding hydrogens is 212 g/mol. The molecule has 3 heteroatoms. The van der Waals surface area contributed by atoms with Crippen molar-refractivity contribution in [1.82, 2.24) is 9.55 Å². The van der Waals surface area contributed by atoms with E-state index in [0.717, 1.165) is 17.0 Å². The standard InChI is InChI=1S/C14H18N2O/c1-11(2)16-8-13(15-10-16)9-17-14-7-5-4-6-12(14)3/h4-8,10-11H,9H2,1-3H3. The number of ether oxygens (including phenoxy) is 1. The maximum Gasteiger partial charge on any atom is 0.132 e. The zero-order valence-electron chi connectivity index (χ0n) is 10.6. The Bertz CT molecular complexity index is 488. The van der Waals surface area contributed by atoms with Crippen LogP contribution in [0.25, 0.3) is 0 Å². The third kappa shape index (κ3) is 2.87. The molecule has 17 heavy (non-hydrogen) atoms. The molecule has 0 amide bonds. The van der Waals surface area contributed by atoms with Crippen molar-refractivity contribution in [1.29, 1.82) is 0 Å². The summed E-state index contributed by atoms with van der Waals surface area (Å²) in [6, 6.07) is 8.45. The van der Waals surface area contributed by atoms with Crippen molar-refractivity contribution in [2.24, 2.45) is 0 Å². The summed E-state index contributed by atoms with van der Waals surface area (Å²) in [5, 5.41) is 0. The summed E-state index contributed by atoms with van der Waals surface area (Å²) < 4.78 is 7.82. The quantitative estimate of drug-likeness (QED) is 0.805. The molecular formula is C14H18N2O. The van der Waals surface area contributed by atoms with Crippen LogP contribution in [0.2, 0.25) is 0 Å². The maximum atomic E-state index is 5.74. The summed E-state index contributed by atoms with van der Waals surface area (Å²) in [5.41, 5.74) is 2.11. The molecule has 1 aromatic heterocycles. The number of aryl methyl sites for hydroxylation is 1. The molecule has 2 aromatic rings. The molecule has 90 valence electrons. The highest BCUT2D eigenvalue weighted by atomic mass is 16.5. The van der Waals surface area contributed by atoms with Gasteiger partial charge in [-0.05, 0) is 32.4 Å². The molecule has 3 nitrogen and oxygen atoms in total. The van der Waals surface area contributed by atoms with Gasteiger partial charge in [-0.2, -0.15) is 0 Å². The molecule has 0 N–H and O–H groups in total. The van der Waals surface area contributed by atoms with Crippen LogP contribution in [0.3, 0.4) is 0 Å². The third-order valence-corrected chi connectivity index (χ3v) is 2.72. The lowest BCUT2D eigenvalue weighted by atomic mass is 10.2. The molecule has 0 saturated heterocycles. The van der Waals surface area contributed by atoms with Gasteiger partial charge >= 0.3 is 0 Å². The summed E-state index contributed by atoms with van der Waals surface area (Å²) >= 11 is 0. The summed E-state index contributed by atoms with van der Waals surface area (Å²) in [6.07, 6.45) is 3.88. The van der Waals surface area contributed by atoms with E-state index >= 15 is 0 Å². The SMILES string of the molecule is Cc1ccccc1OCc1cn(C(C)C)cn1. The van der Waals surface area contributed by atoms with Crippen LogP contribution in [-0.2, 0) is 6.61 Å². The van der Waals surface area contributed by atoms with Crippen molar-refractivity contribution in [3.8, 4) is 5.75 Å². The number of para-hydroxylation sites is 1. The summed E-state index contributed by atoms with van der Waals surface area (Å²) in [5.74, 6) is 0.923. The minimum Gasteiger partial charge on any atom is -0.487 e. The first-order valence-electron chi connectivity index (χ1n) is 5.87. The Balaban J connectivity index is 2.00. The van der Waals surface area contributed by atoms with E-state index in [1.807, 2.05) is 43.7 Å². The summed E-state index contributed by atoms with van der Waals surface area (Å²) in [6.45, 7) is 6.83. The van der Waals surface area contributed by atoms with Gasteiger partial charge in [0.1, 0.15) is 12.4 Å². The fourth-order valence-corrected chi connectivity index (χ4v) is 1.61. The van der Waals surface area contributed by atoms with Gasteiger partial charge in [0, 0.05) is 12.2 Å². The van der Waals surface area contributed by atoms with E-state index in [-0.39, 0.29) is 0 Å². The lowest BCUT2D eigenvalue weighted by molar-refractivity contribution is 0.299. The predicted octanol–water partition coefficient (Wildman–Crippen LogP) is 3.35. The Morgan fingerprint density at radius 2 is 2.06 bits per heavy atom. The molecule has 0 saturated carbocycles. The third-order valence-electron chi connectivity index (χ3n) is 2.72. The van der Waals surface area contributed by atoms with Gasteiger partial charge in [-0.25, -0.2) is 4.98 Å². The lowest BCUT2D eigenvalue weighted by Gasteiger charge is -2.07. The largest absolute Gasteiger partial charge is 0.487 e. The summed E-state index contributed by atoms with van der Waals surface area (Å²) in [7, 11) is 0. The number of benzene rings is 1. The second-order valence-corrected chi connectivity index (χ2v) is 4.46. The zero-order valence-corrected chi connectivity index (χ0v) is 10.6. The Morgan fingerprint density at radius 3 is 2.71 bits per heavy atom. The average Bonchev–Trinajstić information content (AvgIpc) is 2.77. The number of nitrogens with zero attached hydrogens (tertiary/aromatic N) is 2. The highest BCUT2D eigenvalue weighted by molar-refractivity contribution is 5.31. The van der Waals surface area contributed by atoms with E-state index in [9.17, 15) is 0 Å². The predicted molar refractivity (Wildman–Crippen MR) is 68.1 cm³/mol. The molecule has 0 atom stereocenters. The number of hydrogen-bond acceptors (Lipinski definition) is 2. The van der Waals surface area contributed by atoms with Gasteiger partial charge in [0.05, 0.1) is 12.0 Å². The Hall–Kier alpha value is -1.77. The highest BCUT2D eigenvalue weighted by Crippen LogP contribution is 2.17. The first kappa shape index (κ1) is 11.7. The van der Waals surface area contributed by atoms with E-state index in [0.29, 0.717) is 12.6 Å². The molecule has 0 aliphatic heterocycles. The van der Waals surface area contributed by atoms with Crippen LogP contribution in [-0.4, -0.2) is 9.55 Å². The molecule has 1 heterocycles. The maximum absolute atomic E-state index is 5.74. The van der Waals surface area contributed by atoms with E-state index in [2.05, 4.69) is 23.4 Å². The van der Waals surface area contributed by atoms with E-state index in [4.69, 9.17) is 4.74 Å². The van der Waals surface area contributed by atoms with Crippen LogP contribution < -0.4 is 4.74 Å². The minimum absolute atomic E-state index is 0.440. The highest BCUT2D eigenvalue weighted by Gasteiger charge is 2.03. The van der Waals surface area contributed by atoms with Crippen molar-refractivity contribution >= 4 is 0 Å². The van der Waals surface area contributed by atoms with Gasteiger partial charge in [-0.15, -0.1) is 0 Å². The van der Waals surface area contributed by atoms with Crippen molar-refractivity contribution < 1.29 is 4.74 Å². The summed E-state index contributed by atoms with van der Waals surface area (Å²) in [4.78, 5) is 4.32. The Morgan fingerprint density at radius 1 is 1.29 bits per heavy atom. The van der Waals surface area contributed by atoms with Crippen LogP contribution in [0, 0.1) is 6.92 Å². The molecule has 1 aromatic carbocycles. The normalized spacial score (nSPS) is 10.8. The van der Waals surface area contributed by atoms with Gasteiger partial charge in [0.15, 0.2) is 0 Å². The van der Waals surface area contributed by atoms with Crippen LogP contribution in [0.15, 0.2) is 36.8 Å². The first-order valence-corrected chi connectivity index (χ1v) is 5.87. The molecule has 0 unspecified atom stereocenters. The van der Waals surface area contributed by atoms with Gasteiger partial charge < -0.3 is 9.30 Å². The van der Waals surface area contributed by atoms with Crippen LogP contribution in [0.4, 0.5) is 0 Å². The van der Waals surface area contributed by atoms with Gasteiger partial charge in [-0.3, -0.25) is 0 Å². The molecule has 0 spiro atoms. The monoisotopic (exact) mass is 230 g/mol. The average molecular weight is 230 g/mol. The molecule has 0 aliphatic rings. The van der Waals surface area contributed by atoms with Crippen LogP contribution in [0.1, 0.15) is 31.1 Å². The van der Waals surface area contributed by atoms with E-state index in [1.54, 1.807) is 0 Å². The van der Waals surface area contributed by atoms with E-state index in [1.165, 1.54) is 0 Å². The molecule has 2 rings (SSSR count). The van der Waals surface area contributed by atoms with Gasteiger partial charge in [0.2, 0.25) is 0 Å². The molecule has 0 radical (unpaired) electrons. The Kier molecular flexibility index (Phi) is 3.47. The van der Waals surface area contributed by atoms with Gasteiger partial charge in [-0.1, -0.05) is 18.2 Å². The van der Waals surface area contributed by atoms with Crippen LogP contribution in [0.5, 0.6) is 5.75 Å². The molecule has 0 aliphatic carbocycles. The van der Waals surface area contributed by atoms with Gasteiger partial charge in [0.25, 0.3) is 0 Å². The minimum atomic E-state index is 0.440. The number of rotatable bonds is 4. The van der Waals surface area contributed by atoms with E-state index < -0.39 is 0 Å². The van der Waals surface area contributed by atoms with Crippen molar-refractivity contribution in [2.45, 2.75) is 33.4 Å². The second-order valence-electron chi connectivity index (χ2n) is 4.46. The number of hydrogen-bond donors (Lipinski definition) is 0. The molecule has 0 bridgehead atoms. The fraction of sp³-hybridized carbons (Fsp3) is 0.357. The van der Waals surface area contributed by atoms with Crippen molar-refractivity contribution in [3.05, 3.63) is 48.0 Å².